The minimum atomic E-state index is 0.475. The van der Waals surface area contributed by atoms with Gasteiger partial charge in [-0.15, -0.1) is 0 Å². The topological polar surface area (TPSA) is 41.3 Å². The van der Waals surface area contributed by atoms with Crippen molar-refractivity contribution in [1.82, 2.24) is 10.2 Å². The van der Waals surface area contributed by atoms with Gasteiger partial charge < -0.3 is 16.0 Å². The molecule has 2 atom stereocenters. The summed E-state index contributed by atoms with van der Waals surface area (Å²) in [5.74, 6) is 0. The second-order valence-electron chi connectivity index (χ2n) is 6.17. The molecule has 0 radical (unpaired) electrons. The molecule has 0 aromatic carbocycles. The highest BCUT2D eigenvalue weighted by Gasteiger charge is 2.37. The van der Waals surface area contributed by atoms with E-state index in [9.17, 15) is 0 Å². The summed E-state index contributed by atoms with van der Waals surface area (Å²) >= 11 is 0. The number of fused-ring (bicyclic) bond motifs is 2. The molecule has 2 heterocycles. The summed E-state index contributed by atoms with van der Waals surface area (Å²) < 4.78 is 0. The quantitative estimate of drug-likeness (QED) is 0.736. The monoisotopic (exact) mass is 223 g/mol. The Hall–Kier alpha value is -0.120. The molecular formula is C13H25N3. The predicted octanol–water partition coefficient (Wildman–Crippen LogP) is 1.08. The van der Waals surface area contributed by atoms with Crippen LogP contribution in [0.25, 0.3) is 0 Å². The molecule has 2 aliphatic heterocycles. The van der Waals surface area contributed by atoms with E-state index in [-0.39, 0.29) is 0 Å². The van der Waals surface area contributed by atoms with Crippen molar-refractivity contribution in [2.24, 2.45) is 5.73 Å². The van der Waals surface area contributed by atoms with Gasteiger partial charge in [0.05, 0.1) is 0 Å². The van der Waals surface area contributed by atoms with Gasteiger partial charge in [0.2, 0.25) is 0 Å². The Bertz CT molecular complexity index is 236. The molecule has 3 fully saturated rings. The van der Waals surface area contributed by atoms with Crippen molar-refractivity contribution in [1.29, 1.82) is 0 Å². The molecule has 16 heavy (non-hydrogen) atoms. The lowest BCUT2D eigenvalue weighted by Crippen LogP contribution is -2.58. The molecule has 3 heteroatoms. The summed E-state index contributed by atoms with van der Waals surface area (Å²) in [5, 5.41) is 3.83. The minimum absolute atomic E-state index is 0.475. The Morgan fingerprint density at radius 2 is 1.56 bits per heavy atom. The lowest BCUT2D eigenvalue weighted by molar-refractivity contribution is 0.0418. The number of hydrogen-bond donors (Lipinski definition) is 2. The fraction of sp³-hybridized carbons (Fsp3) is 1.00. The predicted molar refractivity (Wildman–Crippen MR) is 66.3 cm³/mol. The van der Waals surface area contributed by atoms with Gasteiger partial charge >= 0.3 is 0 Å². The first-order valence-corrected chi connectivity index (χ1v) is 6.96. The van der Waals surface area contributed by atoms with E-state index < -0.39 is 0 Å². The van der Waals surface area contributed by atoms with Crippen LogP contribution in [0.4, 0.5) is 0 Å². The normalized spacial score (nSPS) is 48.8. The Kier molecular flexibility index (Phi) is 2.94. The van der Waals surface area contributed by atoms with Crippen LogP contribution in [0.5, 0.6) is 0 Å². The number of rotatable bonds is 2. The van der Waals surface area contributed by atoms with Crippen LogP contribution in [0.1, 0.15) is 44.9 Å². The summed E-state index contributed by atoms with van der Waals surface area (Å²) in [6, 6.07) is 3.66. The third-order valence-electron chi connectivity index (χ3n) is 4.99. The van der Waals surface area contributed by atoms with E-state index in [1.165, 1.54) is 44.9 Å². The van der Waals surface area contributed by atoms with Gasteiger partial charge in [0.1, 0.15) is 0 Å². The highest BCUT2D eigenvalue weighted by Crippen LogP contribution is 2.33. The van der Waals surface area contributed by atoms with Crippen LogP contribution in [-0.2, 0) is 0 Å². The van der Waals surface area contributed by atoms with Crippen LogP contribution in [0.2, 0.25) is 0 Å². The smallest absolute Gasteiger partial charge is 0.0110 e. The second-order valence-corrected chi connectivity index (χ2v) is 6.17. The zero-order chi connectivity index (χ0) is 11.1. The van der Waals surface area contributed by atoms with Gasteiger partial charge in [0.25, 0.3) is 0 Å². The molecular weight excluding hydrogens is 198 g/mol. The van der Waals surface area contributed by atoms with E-state index in [2.05, 4.69) is 17.3 Å². The van der Waals surface area contributed by atoms with Gasteiger partial charge in [0, 0.05) is 30.2 Å². The number of piperidine rings is 2. The summed E-state index contributed by atoms with van der Waals surface area (Å²) in [6.07, 6.45) is 9.38. The summed E-state index contributed by atoms with van der Waals surface area (Å²) in [7, 11) is 2.32. The fourth-order valence-electron chi connectivity index (χ4n) is 3.88. The molecule has 0 aromatic heterocycles. The maximum Gasteiger partial charge on any atom is 0.0110 e. The largest absolute Gasteiger partial charge is 0.328 e. The molecule has 2 bridgehead atoms. The molecule has 3 aliphatic rings. The highest BCUT2D eigenvalue weighted by atomic mass is 15.2. The number of nitrogens with one attached hydrogen (secondary N) is 1. The first kappa shape index (κ1) is 11.0. The lowest BCUT2D eigenvalue weighted by atomic mass is 9.80. The third kappa shape index (κ3) is 2.01. The van der Waals surface area contributed by atoms with Gasteiger partial charge in [-0.1, -0.05) is 6.42 Å². The van der Waals surface area contributed by atoms with Crippen LogP contribution >= 0.6 is 0 Å². The van der Waals surface area contributed by atoms with Gasteiger partial charge in [-0.05, 0) is 45.6 Å². The molecule has 1 aliphatic carbocycles. The van der Waals surface area contributed by atoms with Crippen molar-refractivity contribution < 1.29 is 0 Å². The van der Waals surface area contributed by atoms with Crippen molar-refractivity contribution in [3.05, 3.63) is 0 Å². The fourth-order valence-corrected chi connectivity index (χ4v) is 3.88. The van der Waals surface area contributed by atoms with E-state index in [1.54, 1.807) is 0 Å². The lowest BCUT2D eigenvalue weighted by Gasteiger charge is -2.49. The van der Waals surface area contributed by atoms with E-state index >= 15 is 0 Å². The summed E-state index contributed by atoms with van der Waals surface area (Å²) in [5.41, 5.74) is 5.84. The standard InChI is InChI=1S/C13H25N3/c1-16-12-3-2-4-13(16)8-11(7-12)15-10-5-9(14)6-10/h9-13,15H,2-8,14H2,1H3. The van der Waals surface area contributed by atoms with Gasteiger partial charge in [-0.3, -0.25) is 0 Å². The third-order valence-corrected chi connectivity index (χ3v) is 4.99. The van der Waals surface area contributed by atoms with E-state index in [0.29, 0.717) is 6.04 Å². The maximum absolute atomic E-state index is 5.84. The van der Waals surface area contributed by atoms with E-state index in [1.807, 2.05) is 0 Å². The first-order chi connectivity index (χ1) is 7.72. The molecule has 3 N–H and O–H groups in total. The molecule has 3 rings (SSSR count). The van der Waals surface area contributed by atoms with Crippen LogP contribution in [0.15, 0.2) is 0 Å². The van der Waals surface area contributed by atoms with E-state index in [4.69, 9.17) is 5.73 Å². The molecule has 0 amide bonds. The SMILES string of the molecule is CN1C2CCCC1CC(NC1CC(N)C1)C2. The summed E-state index contributed by atoms with van der Waals surface area (Å²) in [4.78, 5) is 2.63. The van der Waals surface area contributed by atoms with E-state index in [0.717, 1.165) is 24.2 Å². The molecule has 0 spiro atoms. The molecule has 0 aromatic rings. The van der Waals surface area contributed by atoms with Crippen molar-refractivity contribution >= 4 is 0 Å². The number of nitrogens with two attached hydrogens (primary N) is 1. The second kappa shape index (κ2) is 4.28. The average molecular weight is 223 g/mol. The highest BCUT2D eigenvalue weighted by molar-refractivity contribution is 4.97. The Morgan fingerprint density at radius 3 is 2.12 bits per heavy atom. The van der Waals surface area contributed by atoms with Crippen molar-refractivity contribution in [2.75, 3.05) is 7.05 Å². The zero-order valence-electron chi connectivity index (χ0n) is 10.4. The van der Waals surface area contributed by atoms with Crippen LogP contribution in [-0.4, -0.2) is 42.2 Å². The Balaban J connectivity index is 1.54. The molecule has 2 saturated heterocycles. The van der Waals surface area contributed by atoms with Gasteiger partial charge in [0.15, 0.2) is 0 Å². The number of nitrogens with zero attached hydrogens (tertiary/aromatic N) is 1. The molecule has 3 nitrogen and oxygen atoms in total. The van der Waals surface area contributed by atoms with Crippen LogP contribution < -0.4 is 11.1 Å². The van der Waals surface area contributed by atoms with Crippen LogP contribution in [0.3, 0.4) is 0 Å². The summed E-state index contributed by atoms with van der Waals surface area (Å²) in [6.45, 7) is 0. The maximum atomic E-state index is 5.84. The minimum Gasteiger partial charge on any atom is -0.328 e. The Morgan fingerprint density at radius 1 is 1.00 bits per heavy atom. The van der Waals surface area contributed by atoms with Gasteiger partial charge in [-0.2, -0.15) is 0 Å². The van der Waals surface area contributed by atoms with Crippen molar-refractivity contribution in [3.8, 4) is 0 Å². The molecule has 92 valence electrons. The first-order valence-electron chi connectivity index (χ1n) is 6.96. The Labute approximate surface area is 98.8 Å². The number of hydrogen-bond acceptors (Lipinski definition) is 3. The molecule has 1 saturated carbocycles. The molecule has 2 unspecified atom stereocenters. The van der Waals surface area contributed by atoms with Crippen molar-refractivity contribution in [3.63, 3.8) is 0 Å². The van der Waals surface area contributed by atoms with Crippen molar-refractivity contribution in [2.45, 2.75) is 75.2 Å². The zero-order valence-corrected chi connectivity index (χ0v) is 10.4. The van der Waals surface area contributed by atoms with Gasteiger partial charge in [-0.25, -0.2) is 0 Å². The average Bonchev–Trinajstić information content (AvgIpc) is 2.17. The van der Waals surface area contributed by atoms with Crippen LogP contribution in [0, 0.1) is 0 Å².